The molecule has 0 saturated heterocycles. The molecule has 0 unspecified atom stereocenters. The maximum absolute atomic E-state index is 11.4. The summed E-state index contributed by atoms with van der Waals surface area (Å²) in [5.41, 5.74) is 2.47. The lowest BCUT2D eigenvalue weighted by Gasteiger charge is -2.01. The van der Waals surface area contributed by atoms with E-state index in [-0.39, 0.29) is 5.82 Å². The Kier molecular flexibility index (Phi) is 3.32. The number of H-pyrrole nitrogens is 1. The fourth-order valence-corrected chi connectivity index (χ4v) is 1.68. The van der Waals surface area contributed by atoms with Crippen LogP contribution in [0.3, 0.4) is 0 Å². The molecule has 0 aliphatic carbocycles. The van der Waals surface area contributed by atoms with E-state index in [1.54, 1.807) is 7.11 Å². The largest absolute Gasteiger partial charge is 0.497 e. The molecule has 0 amide bonds. The van der Waals surface area contributed by atoms with E-state index in [0.717, 1.165) is 22.7 Å². The molecule has 1 N–H and O–H groups in total. The topological polar surface area (TPSA) is 64.2 Å². The summed E-state index contributed by atoms with van der Waals surface area (Å²) in [6.07, 6.45) is 0. The van der Waals surface area contributed by atoms with Gasteiger partial charge in [0.05, 0.1) is 19.9 Å². The van der Waals surface area contributed by atoms with Crippen molar-refractivity contribution in [2.45, 2.75) is 6.92 Å². The van der Waals surface area contributed by atoms with Crippen molar-refractivity contribution in [3.63, 3.8) is 0 Å². The van der Waals surface area contributed by atoms with Gasteiger partial charge < -0.3 is 14.5 Å². The summed E-state index contributed by atoms with van der Waals surface area (Å²) in [6, 6.07) is 7.48. The molecule has 18 heavy (non-hydrogen) atoms. The lowest BCUT2D eigenvalue weighted by Crippen LogP contribution is -2.03. The molecule has 0 saturated carbocycles. The predicted octanol–water partition coefficient (Wildman–Crippen LogP) is 2.18. The van der Waals surface area contributed by atoms with Gasteiger partial charge in [-0.05, 0) is 31.2 Å². The number of aromatic amines is 1. The zero-order valence-corrected chi connectivity index (χ0v) is 10.5. The predicted molar refractivity (Wildman–Crippen MR) is 66.7 cm³/mol. The van der Waals surface area contributed by atoms with Crippen molar-refractivity contribution in [2.24, 2.45) is 0 Å². The van der Waals surface area contributed by atoms with Gasteiger partial charge in [-0.3, -0.25) is 0 Å². The molecule has 0 aliphatic rings. The number of benzene rings is 1. The van der Waals surface area contributed by atoms with E-state index in [4.69, 9.17) is 4.74 Å². The Bertz CT molecular complexity index is 558. The van der Waals surface area contributed by atoms with Gasteiger partial charge in [0.2, 0.25) is 5.82 Å². The number of carbonyl (C=O) groups excluding carboxylic acids is 1. The van der Waals surface area contributed by atoms with Crippen LogP contribution in [0.5, 0.6) is 5.75 Å². The van der Waals surface area contributed by atoms with Crippen molar-refractivity contribution in [2.75, 3.05) is 14.2 Å². The van der Waals surface area contributed by atoms with Gasteiger partial charge >= 0.3 is 5.97 Å². The van der Waals surface area contributed by atoms with Crippen LogP contribution in [0.1, 0.15) is 16.3 Å². The minimum atomic E-state index is -0.474. The van der Waals surface area contributed by atoms with Crippen LogP contribution in [0.15, 0.2) is 24.3 Å². The van der Waals surface area contributed by atoms with Gasteiger partial charge in [0.15, 0.2) is 0 Å². The van der Waals surface area contributed by atoms with Crippen molar-refractivity contribution >= 4 is 5.97 Å². The van der Waals surface area contributed by atoms with Gasteiger partial charge in [0, 0.05) is 11.3 Å². The molecule has 0 fully saturated rings. The zero-order valence-electron chi connectivity index (χ0n) is 10.5. The molecule has 2 aromatic rings. The number of hydrogen-bond donors (Lipinski definition) is 1. The number of ether oxygens (including phenoxy) is 2. The summed E-state index contributed by atoms with van der Waals surface area (Å²) in [7, 11) is 2.94. The third kappa shape index (κ3) is 2.20. The van der Waals surface area contributed by atoms with Crippen molar-refractivity contribution in [1.29, 1.82) is 0 Å². The van der Waals surface area contributed by atoms with Gasteiger partial charge in [-0.15, -0.1) is 0 Å². The normalized spacial score (nSPS) is 10.2. The van der Waals surface area contributed by atoms with Crippen LogP contribution in [0.25, 0.3) is 11.3 Å². The Labute approximate surface area is 105 Å². The summed E-state index contributed by atoms with van der Waals surface area (Å²) in [4.78, 5) is 18.5. The highest BCUT2D eigenvalue weighted by molar-refractivity contribution is 5.86. The fourth-order valence-electron chi connectivity index (χ4n) is 1.68. The summed E-state index contributed by atoms with van der Waals surface area (Å²) in [5, 5.41) is 0. The number of nitrogens with one attached hydrogen (secondary N) is 1. The number of rotatable bonds is 3. The average molecular weight is 246 g/mol. The molecule has 5 nitrogen and oxygen atoms in total. The molecule has 1 heterocycles. The van der Waals surface area contributed by atoms with Crippen LogP contribution >= 0.6 is 0 Å². The second kappa shape index (κ2) is 4.91. The third-order valence-electron chi connectivity index (χ3n) is 2.63. The molecule has 0 spiro atoms. The summed E-state index contributed by atoms with van der Waals surface area (Å²) < 4.78 is 9.72. The van der Waals surface area contributed by atoms with Gasteiger partial charge in [-0.25, -0.2) is 9.78 Å². The number of methoxy groups -OCH3 is 2. The van der Waals surface area contributed by atoms with E-state index < -0.39 is 5.97 Å². The molecule has 5 heteroatoms. The van der Waals surface area contributed by atoms with Gasteiger partial charge in [0.1, 0.15) is 5.75 Å². The van der Waals surface area contributed by atoms with Crippen LogP contribution in [-0.4, -0.2) is 30.2 Å². The van der Waals surface area contributed by atoms with Crippen molar-refractivity contribution in [1.82, 2.24) is 9.97 Å². The van der Waals surface area contributed by atoms with E-state index in [9.17, 15) is 4.79 Å². The summed E-state index contributed by atoms with van der Waals surface area (Å²) in [5.74, 6) is 0.513. The Balaban J connectivity index is 2.37. The second-order valence-electron chi connectivity index (χ2n) is 3.78. The summed E-state index contributed by atoms with van der Waals surface area (Å²) in [6.45, 7) is 1.86. The lowest BCUT2D eigenvalue weighted by molar-refractivity contribution is 0.0588. The van der Waals surface area contributed by atoms with Crippen LogP contribution in [-0.2, 0) is 4.74 Å². The Hall–Kier alpha value is -2.30. The Morgan fingerprint density at radius 2 is 1.89 bits per heavy atom. The van der Waals surface area contributed by atoms with Gasteiger partial charge in [-0.2, -0.15) is 0 Å². The van der Waals surface area contributed by atoms with E-state index in [2.05, 4.69) is 14.7 Å². The quantitative estimate of drug-likeness (QED) is 0.843. The van der Waals surface area contributed by atoms with E-state index in [1.807, 2.05) is 31.2 Å². The van der Waals surface area contributed by atoms with Crippen LogP contribution < -0.4 is 4.74 Å². The highest BCUT2D eigenvalue weighted by Gasteiger charge is 2.14. The highest BCUT2D eigenvalue weighted by atomic mass is 16.5. The molecule has 1 aromatic carbocycles. The fraction of sp³-hybridized carbons (Fsp3) is 0.231. The Morgan fingerprint density at radius 3 is 2.44 bits per heavy atom. The smallest absolute Gasteiger partial charge is 0.374 e. The lowest BCUT2D eigenvalue weighted by atomic mass is 10.1. The molecule has 0 bridgehead atoms. The maximum Gasteiger partial charge on any atom is 0.374 e. The second-order valence-corrected chi connectivity index (χ2v) is 3.78. The molecular weight excluding hydrogens is 232 g/mol. The number of imidazole rings is 1. The molecule has 0 aliphatic heterocycles. The molecule has 94 valence electrons. The average Bonchev–Trinajstić information content (AvgIpc) is 2.80. The van der Waals surface area contributed by atoms with Gasteiger partial charge in [-0.1, -0.05) is 0 Å². The van der Waals surface area contributed by atoms with Gasteiger partial charge in [0.25, 0.3) is 0 Å². The summed E-state index contributed by atoms with van der Waals surface area (Å²) >= 11 is 0. The minimum absolute atomic E-state index is 0.209. The minimum Gasteiger partial charge on any atom is -0.497 e. The highest BCUT2D eigenvalue weighted by Crippen LogP contribution is 2.23. The first-order chi connectivity index (χ1) is 8.65. The molecular formula is C13H14N2O3. The number of carbonyl (C=O) groups is 1. The molecule has 1 aromatic heterocycles. The molecule has 2 rings (SSSR count). The number of hydrogen-bond acceptors (Lipinski definition) is 4. The third-order valence-corrected chi connectivity index (χ3v) is 2.63. The number of aryl methyl sites for hydroxylation is 1. The first kappa shape index (κ1) is 12.2. The van der Waals surface area contributed by atoms with Crippen molar-refractivity contribution in [3.05, 3.63) is 35.8 Å². The first-order valence-electron chi connectivity index (χ1n) is 5.45. The van der Waals surface area contributed by atoms with Crippen molar-refractivity contribution in [3.8, 4) is 17.0 Å². The zero-order chi connectivity index (χ0) is 13.1. The maximum atomic E-state index is 11.4. The van der Waals surface area contributed by atoms with E-state index >= 15 is 0 Å². The van der Waals surface area contributed by atoms with E-state index in [0.29, 0.717) is 0 Å². The number of esters is 1. The van der Waals surface area contributed by atoms with Crippen LogP contribution in [0, 0.1) is 6.92 Å². The standard InChI is InChI=1S/C13H14N2O3/c1-8-11(15-12(14-8)13(16)18-3)9-4-6-10(17-2)7-5-9/h4-7H,1-3H3,(H,14,15). The first-order valence-corrected chi connectivity index (χ1v) is 5.45. The molecule has 0 atom stereocenters. The number of aromatic nitrogens is 2. The number of nitrogens with zero attached hydrogens (tertiary/aromatic N) is 1. The monoisotopic (exact) mass is 246 g/mol. The van der Waals surface area contributed by atoms with E-state index in [1.165, 1.54) is 7.11 Å². The Morgan fingerprint density at radius 1 is 1.22 bits per heavy atom. The molecule has 0 radical (unpaired) electrons. The van der Waals surface area contributed by atoms with Crippen LogP contribution in [0.4, 0.5) is 0 Å². The SMILES string of the molecule is COC(=O)c1nc(-c2ccc(OC)cc2)c(C)[nH]1. The van der Waals surface area contributed by atoms with Crippen LogP contribution in [0.2, 0.25) is 0 Å². The van der Waals surface area contributed by atoms with Crippen molar-refractivity contribution < 1.29 is 14.3 Å².